The van der Waals surface area contributed by atoms with Crippen LogP contribution in [0.25, 0.3) is 5.69 Å². The number of hydrogen-bond acceptors (Lipinski definition) is 4. The molecule has 0 aliphatic carbocycles. The topological polar surface area (TPSA) is 84.7 Å². The fourth-order valence-corrected chi connectivity index (χ4v) is 2.10. The lowest BCUT2D eigenvalue weighted by Gasteiger charge is -2.08. The number of carbonyl (C=O) groups excluding carboxylic acids is 1. The molecule has 0 aliphatic rings. The average molecular weight is 344 g/mol. The van der Waals surface area contributed by atoms with E-state index >= 15 is 0 Å². The van der Waals surface area contributed by atoms with Crippen molar-refractivity contribution in [3.8, 4) is 5.69 Å². The van der Waals surface area contributed by atoms with Crippen molar-refractivity contribution in [1.29, 1.82) is 0 Å². The van der Waals surface area contributed by atoms with Crippen LogP contribution >= 0.6 is 0 Å². The lowest BCUT2D eigenvalue weighted by molar-refractivity contribution is 0.239. The Hall–Kier alpha value is -3.36. The number of pyridine rings is 1. The maximum absolute atomic E-state index is 13.5. The number of aromatic nitrogens is 4. The van der Waals surface area contributed by atoms with E-state index < -0.39 is 17.7 Å². The van der Waals surface area contributed by atoms with E-state index in [-0.39, 0.29) is 18.7 Å². The van der Waals surface area contributed by atoms with Crippen LogP contribution in [0.3, 0.4) is 0 Å². The van der Waals surface area contributed by atoms with E-state index in [4.69, 9.17) is 0 Å². The van der Waals surface area contributed by atoms with Gasteiger partial charge < -0.3 is 10.6 Å². The Morgan fingerprint density at radius 2 is 1.84 bits per heavy atom. The molecule has 0 aliphatic heterocycles. The van der Waals surface area contributed by atoms with E-state index in [1.54, 1.807) is 24.7 Å². The molecule has 0 saturated carbocycles. The number of amides is 2. The van der Waals surface area contributed by atoms with Gasteiger partial charge in [-0.05, 0) is 24.3 Å². The van der Waals surface area contributed by atoms with E-state index in [1.165, 1.54) is 10.7 Å². The molecule has 25 heavy (non-hydrogen) atoms. The summed E-state index contributed by atoms with van der Waals surface area (Å²) in [4.78, 5) is 15.7. The molecule has 0 bridgehead atoms. The molecule has 0 radical (unpaired) electrons. The second kappa shape index (κ2) is 7.47. The van der Waals surface area contributed by atoms with Gasteiger partial charge in [0, 0.05) is 11.8 Å². The summed E-state index contributed by atoms with van der Waals surface area (Å²) in [5.41, 5.74) is 1.07. The normalized spacial score (nSPS) is 10.5. The van der Waals surface area contributed by atoms with Gasteiger partial charge in [-0.15, -0.1) is 5.10 Å². The van der Waals surface area contributed by atoms with Crippen molar-refractivity contribution < 1.29 is 13.6 Å². The van der Waals surface area contributed by atoms with Crippen molar-refractivity contribution in [2.24, 2.45) is 0 Å². The highest BCUT2D eigenvalue weighted by Gasteiger charge is 2.10. The predicted molar refractivity (Wildman–Crippen MR) is 84.6 cm³/mol. The van der Waals surface area contributed by atoms with Crippen LogP contribution in [0.2, 0.25) is 0 Å². The Morgan fingerprint density at radius 3 is 2.56 bits per heavy atom. The Labute approximate surface area is 141 Å². The number of rotatable bonds is 5. The molecule has 7 nitrogen and oxygen atoms in total. The molecule has 0 saturated heterocycles. The van der Waals surface area contributed by atoms with Gasteiger partial charge >= 0.3 is 6.03 Å². The molecular weight excluding hydrogens is 330 g/mol. The molecule has 2 aromatic heterocycles. The zero-order valence-corrected chi connectivity index (χ0v) is 13.0. The molecule has 0 fully saturated rings. The number of benzene rings is 1. The van der Waals surface area contributed by atoms with Crippen LogP contribution in [-0.2, 0) is 13.1 Å². The summed E-state index contributed by atoms with van der Waals surface area (Å²) in [5, 5.41) is 12.8. The van der Waals surface area contributed by atoms with Gasteiger partial charge in [0.05, 0.1) is 31.2 Å². The second-order valence-electron chi connectivity index (χ2n) is 5.10. The van der Waals surface area contributed by atoms with Crippen molar-refractivity contribution in [2.45, 2.75) is 13.1 Å². The first-order valence-electron chi connectivity index (χ1n) is 7.39. The quantitative estimate of drug-likeness (QED) is 0.741. The molecule has 128 valence electrons. The van der Waals surface area contributed by atoms with Crippen LogP contribution in [-0.4, -0.2) is 26.0 Å². The summed E-state index contributed by atoms with van der Waals surface area (Å²) in [6, 6.07) is 6.54. The van der Waals surface area contributed by atoms with Crippen LogP contribution in [0, 0.1) is 11.6 Å². The highest BCUT2D eigenvalue weighted by molar-refractivity contribution is 5.73. The predicted octanol–water partition coefficient (Wildman–Crippen LogP) is 1.94. The van der Waals surface area contributed by atoms with Crippen LogP contribution in [0.5, 0.6) is 0 Å². The van der Waals surface area contributed by atoms with Crippen molar-refractivity contribution >= 4 is 6.03 Å². The summed E-state index contributed by atoms with van der Waals surface area (Å²) in [5.74, 6) is -1.42. The molecule has 0 atom stereocenters. The summed E-state index contributed by atoms with van der Waals surface area (Å²) in [6.07, 6.45) is 4.92. The number of nitrogens with zero attached hydrogens (tertiary/aromatic N) is 4. The fraction of sp³-hybridized carbons (Fsp3) is 0.125. The smallest absolute Gasteiger partial charge is 0.315 e. The largest absolute Gasteiger partial charge is 0.334 e. The zero-order chi connectivity index (χ0) is 17.6. The Morgan fingerprint density at radius 1 is 1.08 bits per heavy atom. The summed E-state index contributed by atoms with van der Waals surface area (Å²) in [6.45, 7) is -0.140. The number of halogens is 2. The van der Waals surface area contributed by atoms with E-state index in [0.29, 0.717) is 5.69 Å². The molecule has 3 rings (SSSR count). The average Bonchev–Trinajstić information content (AvgIpc) is 3.09. The monoisotopic (exact) mass is 344 g/mol. The first-order chi connectivity index (χ1) is 12.1. The summed E-state index contributed by atoms with van der Waals surface area (Å²) in [7, 11) is 0. The summed E-state index contributed by atoms with van der Waals surface area (Å²) < 4.78 is 28.5. The van der Waals surface area contributed by atoms with Gasteiger partial charge in [-0.25, -0.2) is 18.3 Å². The Kier molecular flexibility index (Phi) is 4.93. The van der Waals surface area contributed by atoms with Gasteiger partial charge in [0.15, 0.2) is 0 Å². The highest BCUT2D eigenvalue weighted by Crippen LogP contribution is 2.11. The third-order valence-corrected chi connectivity index (χ3v) is 3.37. The third kappa shape index (κ3) is 4.14. The first kappa shape index (κ1) is 16.5. The number of hydrogen-bond donors (Lipinski definition) is 2. The minimum Gasteiger partial charge on any atom is -0.334 e. The van der Waals surface area contributed by atoms with Crippen LogP contribution in [0.1, 0.15) is 11.3 Å². The standard InChI is InChI=1S/C16H14F2N6O/c17-14-4-1-5-15(18)13(14)9-21-16(25)20-7-11-10-24(23-22-11)12-3-2-6-19-8-12/h1-6,8,10H,7,9H2,(H2,20,21,25). The van der Waals surface area contributed by atoms with Crippen molar-refractivity contribution in [1.82, 2.24) is 30.6 Å². The molecule has 2 amide bonds. The van der Waals surface area contributed by atoms with Crippen molar-refractivity contribution in [3.05, 3.63) is 71.8 Å². The lowest BCUT2D eigenvalue weighted by atomic mass is 10.2. The second-order valence-corrected chi connectivity index (χ2v) is 5.10. The van der Waals surface area contributed by atoms with Gasteiger partial charge in [0.2, 0.25) is 0 Å². The van der Waals surface area contributed by atoms with Gasteiger partial charge in [-0.3, -0.25) is 4.98 Å². The number of urea groups is 1. The third-order valence-electron chi connectivity index (χ3n) is 3.37. The van der Waals surface area contributed by atoms with Crippen molar-refractivity contribution in [3.63, 3.8) is 0 Å². The maximum Gasteiger partial charge on any atom is 0.315 e. The SMILES string of the molecule is O=C(NCc1cn(-c2cccnc2)nn1)NCc1c(F)cccc1F. The molecule has 9 heteroatoms. The molecule has 2 heterocycles. The highest BCUT2D eigenvalue weighted by atomic mass is 19.1. The van der Waals surface area contributed by atoms with Gasteiger partial charge in [-0.2, -0.15) is 0 Å². The minimum absolute atomic E-state index is 0.117. The van der Waals surface area contributed by atoms with Gasteiger partial charge in [-0.1, -0.05) is 11.3 Å². The van der Waals surface area contributed by atoms with E-state index in [0.717, 1.165) is 17.8 Å². The fourth-order valence-electron chi connectivity index (χ4n) is 2.10. The molecule has 0 spiro atoms. The molecular formula is C16H14F2N6O. The number of carbonyl (C=O) groups is 1. The minimum atomic E-state index is -0.709. The Balaban J connectivity index is 1.52. The van der Waals surface area contributed by atoms with Crippen LogP contribution in [0.15, 0.2) is 48.9 Å². The van der Waals surface area contributed by atoms with E-state index in [1.807, 2.05) is 6.07 Å². The molecule has 2 N–H and O–H groups in total. The van der Waals surface area contributed by atoms with Gasteiger partial charge in [0.25, 0.3) is 0 Å². The van der Waals surface area contributed by atoms with E-state index in [2.05, 4.69) is 25.9 Å². The van der Waals surface area contributed by atoms with Crippen LogP contribution in [0.4, 0.5) is 13.6 Å². The first-order valence-corrected chi connectivity index (χ1v) is 7.39. The maximum atomic E-state index is 13.5. The van der Waals surface area contributed by atoms with Crippen molar-refractivity contribution in [2.75, 3.05) is 0 Å². The lowest BCUT2D eigenvalue weighted by Crippen LogP contribution is -2.35. The van der Waals surface area contributed by atoms with E-state index in [9.17, 15) is 13.6 Å². The van der Waals surface area contributed by atoms with Gasteiger partial charge in [0.1, 0.15) is 17.3 Å². The molecule has 1 aromatic carbocycles. The van der Waals surface area contributed by atoms with Crippen LogP contribution < -0.4 is 10.6 Å². The zero-order valence-electron chi connectivity index (χ0n) is 13.0. The summed E-state index contributed by atoms with van der Waals surface area (Å²) >= 11 is 0. The molecule has 3 aromatic rings. The Bertz CT molecular complexity index is 848. The number of nitrogens with one attached hydrogen (secondary N) is 2. The molecule has 0 unspecified atom stereocenters.